The molecule has 0 radical (unpaired) electrons. The van der Waals surface area contributed by atoms with E-state index in [1.807, 2.05) is 6.92 Å². The van der Waals surface area contributed by atoms with Crippen LogP contribution in [0.4, 0.5) is 5.13 Å². The fraction of sp³-hybridized carbons (Fsp3) is 0.609. The van der Waals surface area contributed by atoms with E-state index in [9.17, 15) is 9.59 Å². The fourth-order valence-electron chi connectivity index (χ4n) is 5.31. The molecule has 2 N–H and O–H groups in total. The van der Waals surface area contributed by atoms with Gasteiger partial charge in [0.1, 0.15) is 10.6 Å². The first-order valence-corrected chi connectivity index (χ1v) is 13.2. The Morgan fingerprint density at radius 1 is 1.21 bits per heavy atom. The lowest BCUT2D eigenvalue weighted by Gasteiger charge is -2.19. The van der Waals surface area contributed by atoms with Gasteiger partial charge in [-0.25, -0.2) is 9.78 Å². The number of esters is 1. The van der Waals surface area contributed by atoms with Gasteiger partial charge in [0.15, 0.2) is 5.13 Å². The van der Waals surface area contributed by atoms with Crippen LogP contribution in [0.1, 0.15) is 64.2 Å². The highest BCUT2D eigenvalue weighted by atomic mass is 35.5. The number of piperidine rings is 1. The maximum absolute atomic E-state index is 12.7. The van der Waals surface area contributed by atoms with Gasteiger partial charge in [-0.1, -0.05) is 60.2 Å². The lowest BCUT2D eigenvalue weighted by atomic mass is 10.0. The molecule has 2 aromatic rings. The number of nitrogens with zero attached hydrogens (tertiary/aromatic N) is 2. The third kappa shape index (κ3) is 4.37. The molecule has 3 atom stereocenters. The summed E-state index contributed by atoms with van der Waals surface area (Å²) in [5, 5.41) is 4.64. The van der Waals surface area contributed by atoms with E-state index in [0.717, 1.165) is 30.3 Å². The Kier molecular flexibility index (Phi) is 6.35. The molecule has 7 nitrogen and oxygen atoms in total. The van der Waals surface area contributed by atoms with Gasteiger partial charge in [-0.15, -0.1) is 0 Å². The average Bonchev–Trinajstić information content (AvgIpc) is 3.36. The zero-order valence-electron chi connectivity index (χ0n) is 18.7. The number of rotatable bonds is 7. The van der Waals surface area contributed by atoms with E-state index in [2.05, 4.69) is 15.2 Å². The molecule has 0 spiro atoms. The number of fused-ring (bicyclic) bond motifs is 1. The molecule has 178 valence electrons. The highest BCUT2D eigenvalue weighted by molar-refractivity contribution is 7.17. The Morgan fingerprint density at radius 3 is 2.52 bits per heavy atom. The molecular weight excluding hydrogens is 483 g/mol. The molecule has 1 aliphatic heterocycles. The number of thiazole rings is 1. The van der Waals surface area contributed by atoms with Crippen molar-refractivity contribution in [2.45, 2.75) is 52.0 Å². The van der Waals surface area contributed by atoms with Gasteiger partial charge in [-0.05, 0) is 26.2 Å². The van der Waals surface area contributed by atoms with Gasteiger partial charge in [0.2, 0.25) is 0 Å². The van der Waals surface area contributed by atoms with Crippen LogP contribution in [-0.4, -0.2) is 47.6 Å². The fourth-order valence-corrected chi connectivity index (χ4v) is 6.73. The highest BCUT2D eigenvalue weighted by Gasteiger charge is 2.57. The number of carbonyl (C=O) groups is 2. The van der Waals surface area contributed by atoms with Gasteiger partial charge < -0.3 is 19.9 Å². The third-order valence-electron chi connectivity index (χ3n) is 7.15. The first kappa shape index (κ1) is 23.0. The molecule has 3 heterocycles. The van der Waals surface area contributed by atoms with Gasteiger partial charge in [0, 0.05) is 36.7 Å². The minimum Gasteiger partial charge on any atom is -0.462 e. The Bertz CT molecular complexity index is 1070. The largest absolute Gasteiger partial charge is 0.462 e. The number of amides is 1. The minimum atomic E-state index is -0.263. The van der Waals surface area contributed by atoms with Crippen LogP contribution in [0.15, 0.2) is 0 Å². The van der Waals surface area contributed by atoms with Crippen LogP contribution >= 0.6 is 34.5 Å². The Balaban J connectivity index is 1.24. The highest BCUT2D eigenvalue weighted by Crippen LogP contribution is 2.48. The van der Waals surface area contributed by atoms with E-state index in [1.165, 1.54) is 37.0 Å². The topological polar surface area (TPSA) is 87.3 Å². The zero-order valence-corrected chi connectivity index (χ0v) is 21.1. The van der Waals surface area contributed by atoms with Gasteiger partial charge in [-0.3, -0.25) is 4.79 Å². The lowest BCUT2D eigenvalue weighted by molar-refractivity contribution is 0.0530. The maximum Gasteiger partial charge on any atom is 0.350 e. The van der Waals surface area contributed by atoms with Crippen molar-refractivity contribution in [3.8, 4) is 0 Å². The van der Waals surface area contributed by atoms with Gasteiger partial charge >= 0.3 is 5.97 Å². The number of aromatic amines is 1. The second-order valence-electron chi connectivity index (χ2n) is 9.33. The van der Waals surface area contributed by atoms with E-state index in [4.69, 9.17) is 32.9 Å². The molecule has 2 saturated carbocycles. The van der Waals surface area contributed by atoms with Crippen molar-refractivity contribution in [2.24, 2.45) is 17.8 Å². The number of carbonyl (C=O) groups excluding carboxylic acids is 2. The summed E-state index contributed by atoms with van der Waals surface area (Å²) < 4.78 is 5.30. The summed E-state index contributed by atoms with van der Waals surface area (Å²) in [5.74, 6) is 0.857. The number of nitrogens with one attached hydrogen (secondary N) is 2. The van der Waals surface area contributed by atoms with Crippen LogP contribution < -0.4 is 10.2 Å². The van der Waals surface area contributed by atoms with E-state index in [0.29, 0.717) is 45.6 Å². The Morgan fingerprint density at radius 2 is 1.91 bits per heavy atom. The predicted octanol–water partition coefficient (Wildman–Crippen LogP) is 4.86. The van der Waals surface area contributed by atoms with Crippen LogP contribution in [0, 0.1) is 24.7 Å². The number of aryl methyl sites for hydroxylation is 1. The van der Waals surface area contributed by atoms with Crippen molar-refractivity contribution in [1.29, 1.82) is 0 Å². The second kappa shape index (κ2) is 9.12. The van der Waals surface area contributed by atoms with Crippen LogP contribution in [0.25, 0.3) is 0 Å². The van der Waals surface area contributed by atoms with Gasteiger partial charge in [-0.2, -0.15) is 0 Å². The van der Waals surface area contributed by atoms with Gasteiger partial charge in [0.05, 0.1) is 22.3 Å². The first-order chi connectivity index (χ1) is 15.9. The van der Waals surface area contributed by atoms with E-state index >= 15 is 0 Å². The van der Waals surface area contributed by atoms with Crippen molar-refractivity contribution in [1.82, 2.24) is 15.3 Å². The monoisotopic (exact) mass is 510 g/mol. The number of aromatic nitrogens is 2. The second-order valence-corrected chi connectivity index (χ2v) is 11.1. The maximum atomic E-state index is 12.7. The summed E-state index contributed by atoms with van der Waals surface area (Å²) in [6.07, 6.45) is 5.79. The molecular formula is C23H28Cl2N4O3S. The Labute approximate surface area is 207 Å². The standard InChI is InChI=1S/C23H28Cl2N4O3S/c1-3-32-22(31)20-15(8-12-6-4-5-7-12)27-23(33-20)29-9-13-14(10-29)18(13)28-21(30)19-17(25)16(24)11(2)26-19/h12-14,18,26H,3-10H2,1-2H3,(H,28,30)/t13-,14+,18?. The molecule has 3 aliphatic rings. The number of halogens is 2. The average molecular weight is 511 g/mol. The van der Waals surface area contributed by atoms with Crippen LogP contribution in [0.5, 0.6) is 0 Å². The first-order valence-electron chi connectivity index (χ1n) is 11.6. The number of hydrogen-bond acceptors (Lipinski definition) is 6. The van der Waals surface area contributed by atoms with Crippen LogP contribution in [-0.2, 0) is 11.2 Å². The smallest absolute Gasteiger partial charge is 0.350 e. The van der Waals surface area contributed by atoms with E-state index < -0.39 is 0 Å². The number of hydrogen-bond donors (Lipinski definition) is 2. The van der Waals surface area contributed by atoms with Gasteiger partial charge in [0.25, 0.3) is 5.91 Å². The summed E-state index contributed by atoms with van der Waals surface area (Å²) in [6.45, 7) is 5.60. The number of H-pyrrole nitrogens is 1. The minimum absolute atomic E-state index is 0.120. The molecule has 1 unspecified atom stereocenters. The number of anilines is 1. The molecule has 3 fully saturated rings. The third-order valence-corrected chi connectivity index (χ3v) is 9.23. The molecule has 1 saturated heterocycles. The molecule has 33 heavy (non-hydrogen) atoms. The van der Waals surface area contributed by atoms with Crippen LogP contribution in [0.2, 0.25) is 10.0 Å². The van der Waals surface area contributed by atoms with E-state index in [1.54, 1.807) is 6.92 Å². The Hall–Kier alpha value is -1.77. The van der Waals surface area contributed by atoms with Crippen molar-refractivity contribution < 1.29 is 14.3 Å². The number of ether oxygens (including phenoxy) is 1. The van der Waals surface area contributed by atoms with Crippen molar-refractivity contribution in [2.75, 3.05) is 24.6 Å². The molecule has 10 heteroatoms. The summed E-state index contributed by atoms with van der Waals surface area (Å²) in [7, 11) is 0. The molecule has 1 amide bonds. The van der Waals surface area contributed by atoms with Crippen molar-refractivity contribution in [3.05, 3.63) is 32.0 Å². The summed E-state index contributed by atoms with van der Waals surface area (Å²) in [5.41, 5.74) is 1.89. The molecule has 2 aromatic heterocycles. The van der Waals surface area contributed by atoms with Crippen LogP contribution in [0.3, 0.4) is 0 Å². The molecule has 2 aliphatic carbocycles. The normalized spacial score (nSPS) is 24.2. The summed E-state index contributed by atoms with van der Waals surface area (Å²) in [6, 6.07) is 0.120. The molecule has 5 rings (SSSR count). The summed E-state index contributed by atoms with van der Waals surface area (Å²) in [4.78, 5) is 36.0. The van der Waals surface area contributed by atoms with Crippen molar-refractivity contribution in [3.63, 3.8) is 0 Å². The SMILES string of the molecule is CCOC(=O)c1sc(N2C[C@@H]3C(NC(=O)c4[nH]c(C)c(Cl)c4Cl)[C@@H]3C2)nc1CC1CCCC1. The summed E-state index contributed by atoms with van der Waals surface area (Å²) >= 11 is 13.7. The molecule has 0 bridgehead atoms. The lowest BCUT2D eigenvalue weighted by Crippen LogP contribution is -2.34. The van der Waals surface area contributed by atoms with Crippen molar-refractivity contribution >= 4 is 51.5 Å². The molecule has 0 aromatic carbocycles. The quantitative estimate of drug-likeness (QED) is 0.519. The zero-order chi connectivity index (χ0) is 23.3. The van der Waals surface area contributed by atoms with E-state index in [-0.39, 0.29) is 22.9 Å². The predicted molar refractivity (Wildman–Crippen MR) is 130 cm³/mol.